The van der Waals surface area contributed by atoms with Crippen molar-refractivity contribution in [3.8, 4) is 0 Å². The molecule has 2 aliphatic heterocycles. The van der Waals surface area contributed by atoms with E-state index in [0.717, 1.165) is 10.8 Å². The van der Waals surface area contributed by atoms with E-state index in [1.807, 2.05) is 68.1 Å². The molecule has 0 aliphatic carbocycles. The first-order valence-corrected chi connectivity index (χ1v) is 11.9. The second-order valence-corrected chi connectivity index (χ2v) is 10.1. The molecule has 0 spiro atoms. The van der Waals surface area contributed by atoms with E-state index in [2.05, 4.69) is 5.32 Å². The Morgan fingerprint density at radius 3 is 2.53 bits per heavy atom. The van der Waals surface area contributed by atoms with Gasteiger partial charge in [-0.25, -0.2) is 4.79 Å². The summed E-state index contributed by atoms with van der Waals surface area (Å²) in [7, 11) is 0. The van der Waals surface area contributed by atoms with Crippen molar-refractivity contribution in [1.29, 1.82) is 0 Å². The summed E-state index contributed by atoms with van der Waals surface area (Å²) in [5, 5.41) is 14.9. The Bertz CT molecular complexity index is 1070. The highest BCUT2D eigenvalue weighted by Crippen LogP contribution is 2.32. The summed E-state index contributed by atoms with van der Waals surface area (Å²) in [5.41, 5.74) is -0.00457. The van der Waals surface area contributed by atoms with Crippen molar-refractivity contribution in [2.45, 2.75) is 51.4 Å². The molecule has 2 fully saturated rings. The Hall–Kier alpha value is -2.97. The molecular formula is C26H33N3O5. The van der Waals surface area contributed by atoms with E-state index in [0.29, 0.717) is 38.0 Å². The van der Waals surface area contributed by atoms with Crippen LogP contribution in [0.5, 0.6) is 0 Å². The number of ketones is 1. The summed E-state index contributed by atoms with van der Waals surface area (Å²) >= 11 is 0. The van der Waals surface area contributed by atoms with Gasteiger partial charge >= 0.3 is 12.1 Å². The number of benzene rings is 2. The molecule has 0 bridgehead atoms. The number of amides is 1. The number of carboxylic acids is 1. The number of Topliss-reactive ketones (excluding diaryl/α,β-unsaturated/α-hetero) is 1. The Labute approximate surface area is 199 Å². The number of hydrogen-bond donors (Lipinski definition) is 2. The van der Waals surface area contributed by atoms with Crippen LogP contribution in [0.15, 0.2) is 42.5 Å². The lowest BCUT2D eigenvalue weighted by atomic mass is 9.85. The maximum absolute atomic E-state index is 13.7. The van der Waals surface area contributed by atoms with E-state index in [1.54, 1.807) is 4.90 Å². The molecule has 2 aliphatic rings. The number of carbonyl (C=O) groups excluding carboxylic acids is 2. The molecular weight excluding hydrogens is 434 g/mol. The molecule has 0 aromatic heterocycles. The molecule has 2 N–H and O–H groups in total. The van der Waals surface area contributed by atoms with Crippen molar-refractivity contribution in [3.05, 3.63) is 48.0 Å². The van der Waals surface area contributed by atoms with Crippen LogP contribution in [0.1, 0.15) is 44.0 Å². The minimum atomic E-state index is -0.946. The first-order chi connectivity index (χ1) is 16.2. The standard InChI is InChI=1S/C26H33N3O5/c1-26(2,3)34-25(33)29-13-11-18(15-22(29)28-14-12-27-16-21(28)24(31)32)23(30)20-10-6-8-17-7-4-5-9-19(17)20/h4-10,18,21-22,27H,11-16H2,1-3H3,(H,31,32). The van der Waals surface area contributed by atoms with Crippen molar-refractivity contribution in [3.63, 3.8) is 0 Å². The van der Waals surface area contributed by atoms with Gasteiger partial charge in [0.05, 0.1) is 6.17 Å². The Morgan fingerprint density at radius 1 is 1.06 bits per heavy atom. The minimum Gasteiger partial charge on any atom is -0.480 e. The fourth-order valence-electron chi connectivity index (χ4n) is 5.00. The van der Waals surface area contributed by atoms with E-state index in [4.69, 9.17) is 4.74 Å². The molecule has 8 nitrogen and oxygen atoms in total. The van der Waals surface area contributed by atoms with Crippen LogP contribution in [0.2, 0.25) is 0 Å². The number of piperazine rings is 1. The number of ether oxygens (including phenoxy) is 1. The third kappa shape index (κ3) is 5.08. The summed E-state index contributed by atoms with van der Waals surface area (Å²) in [6.07, 6.45) is -0.140. The number of rotatable bonds is 4. The topological polar surface area (TPSA) is 99.2 Å². The lowest BCUT2D eigenvalue weighted by Crippen LogP contribution is -2.65. The van der Waals surface area contributed by atoms with Gasteiger partial charge in [-0.2, -0.15) is 0 Å². The van der Waals surface area contributed by atoms with E-state index >= 15 is 0 Å². The second-order valence-electron chi connectivity index (χ2n) is 10.1. The highest BCUT2D eigenvalue weighted by atomic mass is 16.6. The number of nitrogens with one attached hydrogen (secondary N) is 1. The second kappa shape index (κ2) is 9.72. The number of nitrogens with zero attached hydrogens (tertiary/aromatic N) is 2. The average molecular weight is 468 g/mol. The van der Waals surface area contributed by atoms with Gasteiger partial charge in [0.25, 0.3) is 0 Å². The molecule has 2 aromatic carbocycles. The van der Waals surface area contributed by atoms with Gasteiger partial charge in [-0.1, -0.05) is 42.5 Å². The Balaban J connectivity index is 1.64. The van der Waals surface area contributed by atoms with Crippen LogP contribution in [-0.2, 0) is 9.53 Å². The molecule has 8 heteroatoms. The van der Waals surface area contributed by atoms with Gasteiger partial charge in [0.15, 0.2) is 5.78 Å². The normalized spacial score (nSPS) is 24.1. The van der Waals surface area contributed by atoms with Gasteiger partial charge in [-0.15, -0.1) is 0 Å². The quantitative estimate of drug-likeness (QED) is 0.665. The molecule has 34 heavy (non-hydrogen) atoms. The molecule has 0 radical (unpaired) electrons. The van der Waals surface area contributed by atoms with Crippen LogP contribution < -0.4 is 5.32 Å². The maximum Gasteiger partial charge on any atom is 0.411 e. The summed E-state index contributed by atoms with van der Waals surface area (Å²) in [4.78, 5) is 42.2. The largest absolute Gasteiger partial charge is 0.480 e. The summed E-state index contributed by atoms with van der Waals surface area (Å²) < 4.78 is 5.64. The third-order valence-electron chi connectivity index (χ3n) is 6.58. The lowest BCUT2D eigenvalue weighted by Gasteiger charge is -2.48. The summed E-state index contributed by atoms with van der Waals surface area (Å²) in [6, 6.07) is 12.7. The van der Waals surface area contributed by atoms with Gasteiger partial charge in [-0.05, 0) is 44.4 Å². The maximum atomic E-state index is 13.7. The molecule has 4 rings (SSSR count). The van der Waals surface area contributed by atoms with Crippen LogP contribution in [0.4, 0.5) is 4.79 Å². The van der Waals surface area contributed by atoms with E-state index in [1.165, 1.54) is 0 Å². The molecule has 182 valence electrons. The van der Waals surface area contributed by atoms with Crippen molar-refractivity contribution < 1.29 is 24.2 Å². The number of carbonyl (C=O) groups is 3. The first-order valence-electron chi connectivity index (χ1n) is 11.9. The smallest absolute Gasteiger partial charge is 0.411 e. The predicted octanol–water partition coefficient (Wildman–Crippen LogP) is 3.35. The zero-order chi connectivity index (χ0) is 24.5. The number of likely N-dealkylation sites (tertiary alicyclic amines) is 1. The molecule has 2 heterocycles. The van der Waals surface area contributed by atoms with Crippen LogP contribution in [0.25, 0.3) is 10.8 Å². The highest BCUT2D eigenvalue weighted by Gasteiger charge is 2.44. The van der Waals surface area contributed by atoms with Crippen LogP contribution in [0.3, 0.4) is 0 Å². The fraction of sp³-hybridized carbons (Fsp3) is 0.500. The van der Waals surface area contributed by atoms with E-state index in [-0.39, 0.29) is 18.2 Å². The first kappa shape index (κ1) is 24.2. The number of hydrogen-bond acceptors (Lipinski definition) is 6. The number of carboxylic acid groups (broad SMARTS) is 1. The van der Waals surface area contributed by atoms with Crippen molar-refractivity contribution >= 4 is 28.6 Å². The van der Waals surface area contributed by atoms with Gasteiger partial charge in [0, 0.05) is 37.7 Å². The molecule has 0 saturated carbocycles. The van der Waals surface area contributed by atoms with Gasteiger partial charge in [0.1, 0.15) is 11.6 Å². The number of aliphatic carboxylic acids is 1. The van der Waals surface area contributed by atoms with E-state index < -0.39 is 29.9 Å². The summed E-state index contributed by atoms with van der Waals surface area (Å²) in [6.45, 7) is 7.12. The minimum absolute atomic E-state index is 0.0349. The monoisotopic (exact) mass is 467 g/mol. The molecule has 3 unspecified atom stereocenters. The van der Waals surface area contributed by atoms with Crippen LogP contribution >= 0.6 is 0 Å². The molecule has 1 amide bonds. The molecule has 2 saturated heterocycles. The van der Waals surface area contributed by atoms with E-state index in [9.17, 15) is 19.5 Å². The Kier molecular flexibility index (Phi) is 6.91. The predicted molar refractivity (Wildman–Crippen MR) is 129 cm³/mol. The molecule has 3 atom stereocenters. The van der Waals surface area contributed by atoms with Crippen molar-refractivity contribution in [2.75, 3.05) is 26.2 Å². The van der Waals surface area contributed by atoms with Crippen molar-refractivity contribution in [2.24, 2.45) is 5.92 Å². The van der Waals surface area contributed by atoms with Gasteiger partial charge < -0.3 is 15.2 Å². The highest BCUT2D eigenvalue weighted by molar-refractivity contribution is 6.09. The lowest BCUT2D eigenvalue weighted by molar-refractivity contribution is -0.148. The SMILES string of the molecule is CC(C)(C)OC(=O)N1CCC(C(=O)c2cccc3ccccc23)CC1N1CCNCC1C(=O)O. The Morgan fingerprint density at radius 2 is 1.79 bits per heavy atom. The van der Waals surface area contributed by atoms with Gasteiger partial charge in [0.2, 0.25) is 0 Å². The zero-order valence-electron chi connectivity index (χ0n) is 20.0. The number of fused-ring (bicyclic) bond motifs is 1. The fourth-order valence-corrected chi connectivity index (χ4v) is 5.00. The molecule has 2 aromatic rings. The third-order valence-corrected chi connectivity index (χ3v) is 6.58. The van der Waals surface area contributed by atoms with Crippen LogP contribution in [0, 0.1) is 5.92 Å². The average Bonchev–Trinajstić information content (AvgIpc) is 2.81. The van der Waals surface area contributed by atoms with Crippen molar-refractivity contribution in [1.82, 2.24) is 15.1 Å². The zero-order valence-corrected chi connectivity index (χ0v) is 20.0. The van der Waals surface area contributed by atoms with Gasteiger partial charge in [-0.3, -0.25) is 19.4 Å². The number of piperidine rings is 1. The van der Waals surface area contributed by atoms with Crippen LogP contribution in [-0.4, -0.2) is 76.7 Å². The summed E-state index contributed by atoms with van der Waals surface area (Å²) in [5.74, 6) is -1.23.